The normalized spacial score (nSPS) is 10.4. The number of aromatic nitrogens is 2. The van der Waals surface area contributed by atoms with Crippen LogP contribution >= 0.6 is 11.3 Å². The quantitative estimate of drug-likeness (QED) is 0.879. The van der Waals surface area contributed by atoms with E-state index >= 15 is 0 Å². The number of hydrogen-bond acceptors (Lipinski definition) is 3. The van der Waals surface area contributed by atoms with Gasteiger partial charge >= 0.3 is 0 Å². The van der Waals surface area contributed by atoms with Gasteiger partial charge in [0, 0.05) is 22.6 Å². The van der Waals surface area contributed by atoms with Crippen molar-refractivity contribution < 1.29 is 5.11 Å². The van der Waals surface area contributed by atoms with Gasteiger partial charge in [-0.2, -0.15) is 5.10 Å². The minimum Gasteiger partial charge on any atom is -0.395 e. The Balaban J connectivity index is 2.23. The zero-order chi connectivity index (χ0) is 14.5. The van der Waals surface area contributed by atoms with Gasteiger partial charge in [0.1, 0.15) is 0 Å². The molecule has 0 saturated heterocycles. The maximum absolute atomic E-state index is 8.78. The van der Waals surface area contributed by atoms with E-state index in [0.717, 1.165) is 24.2 Å². The number of aliphatic hydroxyl groups is 1. The lowest BCUT2D eigenvalue weighted by Gasteiger charge is -2.04. The number of rotatable bonds is 4. The molecule has 1 N–H and O–H groups in total. The molecule has 0 fully saturated rings. The lowest BCUT2D eigenvalue weighted by molar-refractivity contribution is 0.305. The Hall–Kier alpha value is -1.57. The number of hydrogen-bond donors (Lipinski definition) is 1. The van der Waals surface area contributed by atoms with Gasteiger partial charge in [-0.1, -0.05) is 18.8 Å². The molecule has 4 heteroatoms. The summed E-state index contributed by atoms with van der Waals surface area (Å²) in [5.41, 5.74) is 4.76. The van der Waals surface area contributed by atoms with Gasteiger partial charge in [-0.05, 0) is 37.3 Å². The first-order valence-electron chi connectivity index (χ1n) is 6.86. The Labute approximate surface area is 124 Å². The lowest BCUT2D eigenvalue weighted by atomic mass is 10.1. The topological polar surface area (TPSA) is 38.0 Å². The molecule has 0 radical (unpaired) electrons. The third-order valence-corrected chi connectivity index (χ3v) is 4.29. The highest BCUT2D eigenvalue weighted by Gasteiger charge is 2.11. The number of thiophene rings is 1. The average molecular weight is 288 g/mol. The van der Waals surface area contributed by atoms with Gasteiger partial charge in [0.25, 0.3) is 0 Å². The Morgan fingerprint density at radius 3 is 2.85 bits per heavy atom. The summed E-state index contributed by atoms with van der Waals surface area (Å²) in [4.78, 5) is 1.23. The van der Waals surface area contributed by atoms with Gasteiger partial charge < -0.3 is 5.11 Å². The SMILES string of the molecule is CCc1c(C)nn(Cc2sccc2C#CCCO)c1C. The maximum atomic E-state index is 8.78. The van der Waals surface area contributed by atoms with Crippen molar-refractivity contribution in [2.75, 3.05) is 6.61 Å². The summed E-state index contributed by atoms with van der Waals surface area (Å²) in [6, 6.07) is 2.04. The van der Waals surface area contributed by atoms with Crippen LogP contribution in [0.1, 0.15) is 40.7 Å². The van der Waals surface area contributed by atoms with E-state index < -0.39 is 0 Å². The van der Waals surface area contributed by atoms with Crippen molar-refractivity contribution in [2.24, 2.45) is 0 Å². The zero-order valence-electron chi connectivity index (χ0n) is 12.2. The van der Waals surface area contributed by atoms with Gasteiger partial charge in [0.2, 0.25) is 0 Å². The van der Waals surface area contributed by atoms with Crippen molar-refractivity contribution in [3.8, 4) is 11.8 Å². The van der Waals surface area contributed by atoms with Crippen LogP contribution in [0.3, 0.4) is 0 Å². The Kier molecular flexibility index (Phi) is 4.99. The maximum Gasteiger partial charge on any atom is 0.0768 e. The molecule has 0 amide bonds. The van der Waals surface area contributed by atoms with Crippen LogP contribution in [0.25, 0.3) is 0 Å². The molecule has 0 spiro atoms. The van der Waals surface area contributed by atoms with Gasteiger partial charge in [-0.15, -0.1) is 11.3 Å². The van der Waals surface area contributed by atoms with E-state index in [2.05, 4.69) is 47.8 Å². The molecule has 0 aliphatic carbocycles. The molecule has 0 aromatic carbocycles. The van der Waals surface area contributed by atoms with Crippen LogP contribution < -0.4 is 0 Å². The number of aliphatic hydroxyl groups excluding tert-OH is 1. The Morgan fingerprint density at radius 1 is 1.40 bits per heavy atom. The van der Waals surface area contributed by atoms with E-state index in [4.69, 9.17) is 5.11 Å². The first kappa shape index (κ1) is 14.8. The van der Waals surface area contributed by atoms with E-state index in [1.807, 2.05) is 6.07 Å². The van der Waals surface area contributed by atoms with Gasteiger partial charge in [-0.25, -0.2) is 0 Å². The molecular weight excluding hydrogens is 268 g/mol. The average Bonchev–Trinajstić information content (AvgIpc) is 2.96. The lowest BCUT2D eigenvalue weighted by Crippen LogP contribution is -2.04. The van der Waals surface area contributed by atoms with Crippen LogP contribution in [0.4, 0.5) is 0 Å². The fraction of sp³-hybridized carbons (Fsp3) is 0.438. The molecule has 0 aliphatic rings. The predicted molar refractivity (Wildman–Crippen MR) is 83.1 cm³/mol. The summed E-state index contributed by atoms with van der Waals surface area (Å²) < 4.78 is 2.07. The van der Waals surface area contributed by atoms with Gasteiger partial charge in [0.05, 0.1) is 18.8 Å². The first-order valence-corrected chi connectivity index (χ1v) is 7.74. The standard InChI is InChI=1S/C16H20N2OS/c1-4-15-12(2)17-18(13(15)3)11-16-14(8-10-20-16)7-5-6-9-19/h8,10,19H,4,6,9,11H2,1-3H3. The first-order chi connectivity index (χ1) is 9.67. The highest BCUT2D eigenvalue weighted by Crippen LogP contribution is 2.20. The summed E-state index contributed by atoms with van der Waals surface area (Å²) in [5.74, 6) is 6.11. The fourth-order valence-corrected chi connectivity index (χ4v) is 3.13. The summed E-state index contributed by atoms with van der Waals surface area (Å²) in [6.07, 6.45) is 1.54. The van der Waals surface area contributed by atoms with Gasteiger partial charge in [0.15, 0.2) is 0 Å². The highest BCUT2D eigenvalue weighted by molar-refractivity contribution is 7.10. The van der Waals surface area contributed by atoms with E-state index in [0.29, 0.717) is 6.42 Å². The van der Waals surface area contributed by atoms with Crippen LogP contribution in [0, 0.1) is 25.7 Å². The zero-order valence-corrected chi connectivity index (χ0v) is 13.0. The predicted octanol–water partition coefficient (Wildman–Crippen LogP) is 2.91. The Bertz CT molecular complexity index is 643. The molecule has 20 heavy (non-hydrogen) atoms. The molecule has 2 aromatic rings. The second-order valence-electron chi connectivity index (χ2n) is 4.69. The third kappa shape index (κ3) is 3.12. The number of aryl methyl sites for hydroxylation is 1. The van der Waals surface area contributed by atoms with Crippen molar-refractivity contribution in [2.45, 2.75) is 40.2 Å². The van der Waals surface area contributed by atoms with Crippen LogP contribution in [0.5, 0.6) is 0 Å². The largest absolute Gasteiger partial charge is 0.395 e. The van der Waals surface area contributed by atoms with Crippen molar-refractivity contribution in [3.63, 3.8) is 0 Å². The summed E-state index contributed by atoms with van der Waals surface area (Å²) >= 11 is 1.71. The van der Waals surface area contributed by atoms with E-state index in [-0.39, 0.29) is 6.61 Å². The molecule has 2 rings (SSSR count). The molecule has 0 atom stereocenters. The molecule has 2 aromatic heterocycles. The smallest absolute Gasteiger partial charge is 0.0768 e. The number of nitrogens with zero attached hydrogens (tertiary/aromatic N) is 2. The van der Waals surface area contributed by atoms with E-state index in [9.17, 15) is 0 Å². The van der Waals surface area contributed by atoms with Crippen molar-refractivity contribution in [1.82, 2.24) is 9.78 Å². The van der Waals surface area contributed by atoms with Crippen LogP contribution in [-0.2, 0) is 13.0 Å². The second kappa shape index (κ2) is 6.74. The molecule has 0 aliphatic heterocycles. The van der Waals surface area contributed by atoms with E-state index in [1.165, 1.54) is 16.1 Å². The third-order valence-electron chi connectivity index (χ3n) is 3.38. The molecule has 3 nitrogen and oxygen atoms in total. The molecule has 106 valence electrons. The molecule has 0 unspecified atom stereocenters. The van der Waals surface area contributed by atoms with Crippen LogP contribution in [0.15, 0.2) is 11.4 Å². The van der Waals surface area contributed by atoms with Crippen molar-refractivity contribution in [3.05, 3.63) is 38.8 Å². The minimum absolute atomic E-state index is 0.115. The van der Waals surface area contributed by atoms with Gasteiger partial charge in [-0.3, -0.25) is 4.68 Å². The van der Waals surface area contributed by atoms with Crippen LogP contribution in [-0.4, -0.2) is 21.5 Å². The monoisotopic (exact) mass is 288 g/mol. The highest BCUT2D eigenvalue weighted by atomic mass is 32.1. The van der Waals surface area contributed by atoms with Crippen molar-refractivity contribution in [1.29, 1.82) is 0 Å². The second-order valence-corrected chi connectivity index (χ2v) is 5.69. The summed E-state index contributed by atoms with van der Waals surface area (Å²) in [7, 11) is 0. The fourth-order valence-electron chi connectivity index (χ4n) is 2.32. The minimum atomic E-state index is 0.115. The Morgan fingerprint density at radius 2 is 2.20 bits per heavy atom. The summed E-state index contributed by atoms with van der Waals surface area (Å²) in [6.45, 7) is 7.25. The summed E-state index contributed by atoms with van der Waals surface area (Å²) in [5, 5.41) is 15.5. The van der Waals surface area contributed by atoms with E-state index in [1.54, 1.807) is 11.3 Å². The van der Waals surface area contributed by atoms with Crippen molar-refractivity contribution >= 4 is 11.3 Å². The molecule has 0 bridgehead atoms. The molecular formula is C16H20N2OS. The molecule has 2 heterocycles. The van der Waals surface area contributed by atoms with Crippen LogP contribution in [0.2, 0.25) is 0 Å². The molecule has 0 saturated carbocycles.